The number of azide groups is 1. The average molecular weight is 1490 g/mol. The Hall–Kier alpha value is -10.5. The average Bonchev–Trinajstić information content (AvgIpc) is 0.778. The summed E-state index contributed by atoms with van der Waals surface area (Å²) in [6, 6.07) is 22.0. The topological polar surface area (TPSA) is 412 Å². The van der Waals surface area contributed by atoms with E-state index in [2.05, 4.69) is 41.9 Å². The lowest BCUT2D eigenvalue weighted by molar-refractivity contribution is -0.301. The first-order valence-electron chi connectivity index (χ1n) is 34.8. The van der Waals surface area contributed by atoms with Gasteiger partial charge in [-0.2, -0.15) is 0 Å². The maximum absolute atomic E-state index is 15.6. The second-order valence-electron chi connectivity index (χ2n) is 30.1. The zero-order chi connectivity index (χ0) is 78.6. The highest BCUT2D eigenvalue weighted by atomic mass is 16.7. The third kappa shape index (κ3) is 27.4. The van der Waals surface area contributed by atoms with Gasteiger partial charge in [0, 0.05) is 17.9 Å². The maximum atomic E-state index is 15.6. The molecule has 1 saturated carbocycles. The van der Waals surface area contributed by atoms with E-state index in [9.17, 15) is 48.7 Å². The number of ether oxygens (including phenoxy) is 13. The molecule has 3 aliphatic rings. The molecule has 0 radical (unpaired) electrons. The molecule has 6 amide bonds. The molecular formula is C75H97N9O23. The summed E-state index contributed by atoms with van der Waals surface area (Å²) in [5.41, 5.74) is 5.61. The first kappa shape index (κ1) is 83.7. The summed E-state index contributed by atoms with van der Waals surface area (Å²) < 4.78 is 80.4. The van der Waals surface area contributed by atoms with E-state index in [0.717, 1.165) is 0 Å². The van der Waals surface area contributed by atoms with Gasteiger partial charge in [-0.1, -0.05) is 90.1 Å². The van der Waals surface area contributed by atoms with Crippen LogP contribution in [0.25, 0.3) is 10.4 Å². The molecule has 4 aromatic carbocycles. The third-order valence-electron chi connectivity index (χ3n) is 15.3. The number of alkyl carbamates (subject to hydrolysis) is 5. The highest BCUT2D eigenvalue weighted by Crippen LogP contribution is 2.37. The number of benzene rings is 4. The Labute approximate surface area is 620 Å². The summed E-state index contributed by atoms with van der Waals surface area (Å²) in [5.74, 6) is -5.13. The van der Waals surface area contributed by atoms with Crippen LogP contribution in [0.15, 0.2) is 139 Å². The molecule has 7 rings (SSSR count). The molecule has 32 heteroatoms. The van der Waals surface area contributed by atoms with Crippen molar-refractivity contribution in [2.75, 3.05) is 19.7 Å². The Morgan fingerprint density at radius 3 is 1.38 bits per heavy atom. The normalized spacial score (nSPS) is 23.2. The van der Waals surface area contributed by atoms with E-state index < -0.39 is 193 Å². The van der Waals surface area contributed by atoms with Gasteiger partial charge in [0.05, 0.1) is 65.2 Å². The maximum Gasteiger partial charge on any atom is 0.408 e. The van der Waals surface area contributed by atoms with Crippen molar-refractivity contribution in [3.63, 3.8) is 0 Å². The SMILES string of the molecule is CC(C)(C)OC(=O)NCC[C@H](OC(=O)c1ccccc1)C(=O)N[C@@H]1C[C@H](NC(=O)OC(C)(C)C)C(O[C@H]2OC(CNC(=O)OC(C)(C)C)C=CC2NC(=O)OC(C)(C)C)C(N=[N+]=[N-])[C@H]1O[C@H]1OC(COC(=O)c2ccccc2)[C@@H](OC(=O)c2ccccc2)[C@H](NC(=O)OC(C)(C)C)C1OC(=O)c1ccccc1. The number of nitrogens with zero attached hydrogens (tertiary/aromatic N) is 3. The molecule has 32 nitrogen and oxygen atoms in total. The van der Waals surface area contributed by atoms with E-state index in [1.807, 2.05) is 0 Å². The van der Waals surface area contributed by atoms with Crippen LogP contribution in [0.1, 0.15) is 158 Å². The number of nitrogens with one attached hydrogen (secondary N) is 6. The summed E-state index contributed by atoms with van der Waals surface area (Å²) in [4.78, 5) is 146. The van der Waals surface area contributed by atoms with Crippen molar-refractivity contribution in [2.45, 2.75) is 230 Å². The van der Waals surface area contributed by atoms with Crippen LogP contribution >= 0.6 is 0 Å². The minimum Gasteiger partial charge on any atom is -0.459 e. The molecule has 4 aromatic rings. The quantitative estimate of drug-likeness (QED) is 0.00948. The van der Waals surface area contributed by atoms with Crippen molar-refractivity contribution >= 4 is 60.3 Å². The molecule has 2 heterocycles. The lowest BCUT2D eigenvalue weighted by atomic mass is 9.81. The van der Waals surface area contributed by atoms with Crippen LogP contribution < -0.4 is 31.9 Å². The van der Waals surface area contributed by atoms with Gasteiger partial charge in [0.1, 0.15) is 52.8 Å². The van der Waals surface area contributed by atoms with Crippen molar-refractivity contribution in [3.8, 4) is 0 Å². The van der Waals surface area contributed by atoms with Crippen LogP contribution in [0.2, 0.25) is 0 Å². The Morgan fingerprint density at radius 2 is 0.897 bits per heavy atom. The van der Waals surface area contributed by atoms with Crippen molar-refractivity contribution in [1.29, 1.82) is 0 Å². The fourth-order valence-corrected chi connectivity index (χ4v) is 11.0. The lowest BCUT2D eigenvalue weighted by Crippen LogP contribution is -2.71. The predicted molar refractivity (Wildman–Crippen MR) is 382 cm³/mol. The van der Waals surface area contributed by atoms with Gasteiger partial charge in [-0.05, 0) is 164 Å². The molecule has 0 bridgehead atoms. The molecule has 1 aliphatic carbocycles. The van der Waals surface area contributed by atoms with Crippen LogP contribution in [0.5, 0.6) is 0 Å². The van der Waals surface area contributed by atoms with Crippen molar-refractivity contribution in [3.05, 3.63) is 166 Å². The lowest BCUT2D eigenvalue weighted by Gasteiger charge is -2.50. The Kier molecular flexibility index (Phi) is 29.1. The van der Waals surface area contributed by atoms with E-state index in [0.29, 0.717) is 0 Å². The van der Waals surface area contributed by atoms with Crippen LogP contribution in [0.4, 0.5) is 24.0 Å². The van der Waals surface area contributed by atoms with Gasteiger partial charge < -0.3 is 93.5 Å². The molecule has 2 fully saturated rings. The smallest absolute Gasteiger partial charge is 0.408 e. The minimum atomic E-state index is -2.20. The Balaban J connectivity index is 1.47. The molecule has 0 spiro atoms. The number of hydrogen-bond acceptors (Lipinski definition) is 24. The van der Waals surface area contributed by atoms with Gasteiger partial charge in [0.15, 0.2) is 30.9 Å². The molecule has 2 aliphatic heterocycles. The molecule has 1 saturated heterocycles. The largest absolute Gasteiger partial charge is 0.459 e. The number of carbonyl (C=O) groups is 10. The number of rotatable bonds is 24. The third-order valence-corrected chi connectivity index (χ3v) is 15.3. The van der Waals surface area contributed by atoms with Crippen LogP contribution in [-0.4, -0.2) is 193 Å². The van der Waals surface area contributed by atoms with E-state index >= 15 is 4.79 Å². The number of hydrogen-bond donors (Lipinski definition) is 6. The Bertz CT molecular complexity index is 3780. The fourth-order valence-electron chi connectivity index (χ4n) is 11.0. The second-order valence-corrected chi connectivity index (χ2v) is 30.1. The van der Waals surface area contributed by atoms with E-state index in [1.165, 1.54) is 72.8 Å². The molecular weight excluding hydrogens is 1390 g/mol. The van der Waals surface area contributed by atoms with Gasteiger partial charge in [-0.25, -0.2) is 43.2 Å². The first-order valence-corrected chi connectivity index (χ1v) is 34.8. The summed E-state index contributed by atoms with van der Waals surface area (Å²) >= 11 is 0. The first-order chi connectivity index (χ1) is 50.2. The van der Waals surface area contributed by atoms with Gasteiger partial charge in [0.25, 0.3) is 5.91 Å². The highest BCUT2D eigenvalue weighted by molar-refractivity contribution is 5.93. The molecule has 14 atom stereocenters. The minimum absolute atomic E-state index is 0.00764. The predicted octanol–water partition coefficient (Wildman–Crippen LogP) is 9.98. The van der Waals surface area contributed by atoms with E-state index in [-0.39, 0.29) is 35.3 Å². The number of esters is 4. The summed E-state index contributed by atoms with van der Waals surface area (Å²) in [5, 5.41) is 20.5. The van der Waals surface area contributed by atoms with Crippen LogP contribution in [0, 0.1) is 0 Å². The van der Waals surface area contributed by atoms with Gasteiger partial charge >= 0.3 is 54.3 Å². The monoisotopic (exact) mass is 1490 g/mol. The van der Waals surface area contributed by atoms with Crippen molar-refractivity contribution < 1.29 is 110 Å². The highest BCUT2D eigenvalue weighted by Gasteiger charge is 2.57. The molecule has 6 N–H and O–H groups in total. The summed E-state index contributed by atoms with van der Waals surface area (Å²) in [6.07, 6.45) is -19.4. The fraction of sp³-hybridized carbons (Fsp3) is 0.520. The Morgan fingerprint density at radius 1 is 0.477 bits per heavy atom. The van der Waals surface area contributed by atoms with Crippen molar-refractivity contribution in [1.82, 2.24) is 31.9 Å². The molecule has 6 unspecified atom stereocenters. The zero-order valence-corrected chi connectivity index (χ0v) is 62.6. The molecule has 580 valence electrons. The molecule has 107 heavy (non-hydrogen) atoms. The summed E-state index contributed by atoms with van der Waals surface area (Å²) in [6.45, 7) is 22.6. The molecule has 0 aromatic heterocycles. The van der Waals surface area contributed by atoms with Gasteiger partial charge in [0.2, 0.25) is 0 Å². The summed E-state index contributed by atoms with van der Waals surface area (Å²) in [7, 11) is 0. The van der Waals surface area contributed by atoms with Gasteiger partial charge in [-0.15, -0.1) is 0 Å². The number of carbonyl (C=O) groups excluding carboxylic acids is 10. The zero-order valence-electron chi connectivity index (χ0n) is 62.6. The van der Waals surface area contributed by atoms with Crippen LogP contribution in [0.3, 0.4) is 0 Å². The standard InChI is InChI=1S/C75H97N9O23/c1-71(2,3)103-66(90)77-39-38-51(97-61(87)44-30-22-17-23-31-44)59(85)79-49-40-50(81-69(93)106-74(10,11)12)56(101-64-48(80-68(92)105-73(7,8)9)37-36-47(96-64)41-78-67(91)104-72(4,5)6)54(83-84-76)55(49)102-65-58(100-63(89)46-34-26-19-27-35-46)53(82-70(94)107-75(13,14)15)57(99-62(88)45-32-24-18-25-33-45)52(98-65)42-95-60(86)43-28-20-16-21-29-43/h16-37,47-58,64-65H,38-42H2,1-15H3,(H,77,90)(H,78,91)(H,79,85)(H,80,92)(H,81,93)(H,82,94)/t47?,48?,49-,50+,51+,52?,53+,54?,55+,56?,57-,58?,64-,65-/m1/s1. The van der Waals surface area contributed by atoms with Crippen LogP contribution in [-0.2, 0) is 66.4 Å². The van der Waals surface area contributed by atoms with E-state index in [1.54, 1.807) is 165 Å². The second kappa shape index (κ2) is 37.1. The number of amides is 6. The van der Waals surface area contributed by atoms with Crippen molar-refractivity contribution in [2.24, 2.45) is 5.11 Å². The van der Waals surface area contributed by atoms with Gasteiger partial charge in [-0.3, -0.25) is 4.79 Å². The van der Waals surface area contributed by atoms with E-state index in [4.69, 9.17) is 61.6 Å².